The van der Waals surface area contributed by atoms with Gasteiger partial charge in [0.05, 0.1) is 18.1 Å². The first-order chi connectivity index (χ1) is 18.5. The first kappa shape index (κ1) is 25.5. The van der Waals surface area contributed by atoms with Crippen LogP contribution in [-0.2, 0) is 19.5 Å². The fourth-order valence-corrected chi connectivity index (χ4v) is 5.09. The standard InChI is InChI=1S/C31H34N6O/c1-4-28(30-33-34-35-37(30)20-25-13-9-6-10-14-25)36(18-17-24-11-7-5-8-12-24)21-27-19-26-16-15-22(2)23(3)29(26)32-31(27)38/h5-16,19,28H,4,17-18,20-21H2,1-3H3,(H,32,38). The van der Waals surface area contributed by atoms with Crippen LogP contribution in [0.3, 0.4) is 0 Å². The van der Waals surface area contributed by atoms with Crippen LogP contribution in [0, 0.1) is 13.8 Å². The second-order valence-electron chi connectivity index (χ2n) is 9.91. The number of hydrogen-bond acceptors (Lipinski definition) is 5. The number of pyridine rings is 1. The highest BCUT2D eigenvalue weighted by Crippen LogP contribution is 2.26. The van der Waals surface area contributed by atoms with Crippen molar-refractivity contribution in [3.05, 3.63) is 123 Å². The van der Waals surface area contributed by atoms with Gasteiger partial charge in [0.2, 0.25) is 0 Å². The summed E-state index contributed by atoms with van der Waals surface area (Å²) in [6.07, 6.45) is 1.68. The van der Waals surface area contributed by atoms with Gasteiger partial charge in [-0.05, 0) is 70.8 Å². The molecule has 0 saturated heterocycles. The van der Waals surface area contributed by atoms with E-state index >= 15 is 0 Å². The lowest BCUT2D eigenvalue weighted by Crippen LogP contribution is -2.34. The average molecular weight is 507 g/mol. The van der Waals surface area contributed by atoms with Crippen molar-refractivity contribution >= 4 is 10.9 Å². The zero-order chi connectivity index (χ0) is 26.5. The molecule has 0 radical (unpaired) electrons. The summed E-state index contributed by atoms with van der Waals surface area (Å²) in [4.78, 5) is 18.8. The molecule has 7 nitrogen and oxygen atoms in total. The molecule has 1 atom stereocenters. The van der Waals surface area contributed by atoms with Crippen molar-refractivity contribution in [3.8, 4) is 0 Å². The Morgan fingerprint density at radius 2 is 1.66 bits per heavy atom. The lowest BCUT2D eigenvalue weighted by atomic mass is 10.0. The van der Waals surface area contributed by atoms with Gasteiger partial charge < -0.3 is 4.98 Å². The molecule has 2 aromatic heterocycles. The number of aryl methyl sites for hydroxylation is 2. The van der Waals surface area contributed by atoms with Crippen LogP contribution in [0.15, 0.2) is 83.7 Å². The Morgan fingerprint density at radius 1 is 0.947 bits per heavy atom. The molecular weight excluding hydrogens is 472 g/mol. The van der Waals surface area contributed by atoms with Gasteiger partial charge >= 0.3 is 0 Å². The van der Waals surface area contributed by atoms with Crippen molar-refractivity contribution in [2.45, 2.75) is 52.7 Å². The Balaban J connectivity index is 1.49. The molecule has 3 aromatic carbocycles. The highest BCUT2D eigenvalue weighted by Gasteiger charge is 2.26. The molecule has 0 amide bonds. The maximum absolute atomic E-state index is 13.3. The summed E-state index contributed by atoms with van der Waals surface area (Å²) < 4.78 is 1.88. The SMILES string of the molecule is CCC(c1nnnn1Cc1ccccc1)N(CCc1ccccc1)Cc1cc2ccc(C)c(C)c2[nH]c1=O. The van der Waals surface area contributed by atoms with Gasteiger partial charge in [0, 0.05) is 18.7 Å². The molecule has 0 aliphatic heterocycles. The maximum atomic E-state index is 13.3. The number of rotatable bonds is 10. The number of nitrogens with one attached hydrogen (secondary N) is 1. The molecular formula is C31H34N6O. The summed E-state index contributed by atoms with van der Waals surface area (Å²) >= 11 is 0. The topological polar surface area (TPSA) is 79.7 Å². The number of aromatic nitrogens is 5. The van der Waals surface area contributed by atoms with Crippen molar-refractivity contribution in [2.24, 2.45) is 0 Å². The van der Waals surface area contributed by atoms with E-state index in [0.29, 0.717) is 13.1 Å². The molecule has 0 fully saturated rings. The first-order valence-electron chi connectivity index (χ1n) is 13.2. The van der Waals surface area contributed by atoms with Crippen LogP contribution in [0.1, 0.15) is 53.0 Å². The highest BCUT2D eigenvalue weighted by atomic mass is 16.1. The second-order valence-corrected chi connectivity index (χ2v) is 9.91. The van der Waals surface area contributed by atoms with E-state index in [-0.39, 0.29) is 11.6 Å². The molecule has 0 saturated carbocycles. The van der Waals surface area contributed by atoms with Crippen molar-refractivity contribution < 1.29 is 0 Å². The minimum Gasteiger partial charge on any atom is -0.321 e. The molecule has 0 bridgehead atoms. The summed E-state index contributed by atoms with van der Waals surface area (Å²) in [5.74, 6) is 0.813. The lowest BCUT2D eigenvalue weighted by Gasteiger charge is -2.30. The number of nitrogens with zero attached hydrogens (tertiary/aromatic N) is 5. The van der Waals surface area contributed by atoms with E-state index in [2.05, 4.69) is 94.7 Å². The van der Waals surface area contributed by atoms with Gasteiger partial charge in [-0.3, -0.25) is 9.69 Å². The van der Waals surface area contributed by atoms with E-state index in [1.165, 1.54) is 11.1 Å². The number of hydrogen-bond donors (Lipinski definition) is 1. The molecule has 5 aromatic rings. The quantitative estimate of drug-likeness (QED) is 0.275. The van der Waals surface area contributed by atoms with E-state index in [9.17, 15) is 4.79 Å². The summed E-state index contributed by atoms with van der Waals surface area (Å²) in [5, 5.41) is 13.9. The Hall–Kier alpha value is -4.10. The number of fused-ring (bicyclic) bond motifs is 1. The Kier molecular flexibility index (Phi) is 7.75. The van der Waals surface area contributed by atoms with Crippen LogP contribution in [-0.4, -0.2) is 36.6 Å². The monoisotopic (exact) mass is 506 g/mol. The van der Waals surface area contributed by atoms with Crippen LogP contribution < -0.4 is 5.56 Å². The van der Waals surface area contributed by atoms with Crippen LogP contribution in [0.4, 0.5) is 0 Å². The number of tetrazole rings is 1. The summed E-state index contributed by atoms with van der Waals surface area (Å²) in [6.45, 7) is 8.14. The third kappa shape index (κ3) is 5.58. The smallest absolute Gasteiger partial charge is 0.252 e. The summed E-state index contributed by atoms with van der Waals surface area (Å²) in [5.41, 5.74) is 6.29. The Morgan fingerprint density at radius 3 is 2.37 bits per heavy atom. The number of H-pyrrole nitrogens is 1. The van der Waals surface area contributed by atoms with Gasteiger partial charge in [-0.25, -0.2) is 4.68 Å². The minimum absolute atomic E-state index is 0.0466. The maximum Gasteiger partial charge on any atom is 0.252 e. The van der Waals surface area contributed by atoms with Crippen molar-refractivity contribution in [2.75, 3.05) is 6.54 Å². The molecule has 0 aliphatic rings. The van der Waals surface area contributed by atoms with Gasteiger partial charge in [0.15, 0.2) is 5.82 Å². The average Bonchev–Trinajstić information content (AvgIpc) is 3.39. The fraction of sp³-hybridized carbons (Fsp3) is 0.290. The van der Waals surface area contributed by atoms with E-state index in [0.717, 1.165) is 52.8 Å². The van der Waals surface area contributed by atoms with E-state index in [1.807, 2.05) is 35.0 Å². The van der Waals surface area contributed by atoms with Crippen LogP contribution in [0.5, 0.6) is 0 Å². The Labute approximate surface area is 223 Å². The predicted molar refractivity (Wildman–Crippen MR) is 151 cm³/mol. The zero-order valence-electron chi connectivity index (χ0n) is 22.3. The van der Waals surface area contributed by atoms with Crippen LogP contribution >= 0.6 is 0 Å². The lowest BCUT2D eigenvalue weighted by molar-refractivity contribution is 0.172. The largest absolute Gasteiger partial charge is 0.321 e. The number of aromatic amines is 1. The molecule has 1 unspecified atom stereocenters. The summed E-state index contributed by atoms with van der Waals surface area (Å²) in [6, 6.07) is 26.9. The highest BCUT2D eigenvalue weighted by molar-refractivity contribution is 5.83. The second kappa shape index (κ2) is 11.5. The molecule has 5 rings (SSSR count). The van der Waals surface area contributed by atoms with E-state index in [4.69, 9.17) is 0 Å². The number of benzene rings is 3. The van der Waals surface area contributed by atoms with Crippen LogP contribution in [0.2, 0.25) is 0 Å². The van der Waals surface area contributed by atoms with Crippen molar-refractivity contribution in [1.29, 1.82) is 0 Å². The molecule has 1 N–H and O–H groups in total. The molecule has 38 heavy (non-hydrogen) atoms. The minimum atomic E-state index is -0.0488. The molecule has 194 valence electrons. The van der Waals surface area contributed by atoms with Crippen molar-refractivity contribution in [3.63, 3.8) is 0 Å². The molecule has 0 spiro atoms. The molecule has 7 heteroatoms. The third-order valence-corrected chi connectivity index (χ3v) is 7.39. The van der Waals surface area contributed by atoms with Gasteiger partial charge in [-0.1, -0.05) is 79.7 Å². The van der Waals surface area contributed by atoms with Gasteiger partial charge in [0.1, 0.15) is 0 Å². The third-order valence-electron chi connectivity index (χ3n) is 7.39. The zero-order valence-corrected chi connectivity index (χ0v) is 22.3. The summed E-state index contributed by atoms with van der Waals surface area (Å²) in [7, 11) is 0. The van der Waals surface area contributed by atoms with Gasteiger partial charge in [-0.15, -0.1) is 5.10 Å². The van der Waals surface area contributed by atoms with Crippen molar-refractivity contribution in [1.82, 2.24) is 30.1 Å². The van der Waals surface area contributed by atoms with E-state index in [1.54, 1.807) is 0 Å². The molecule has 2 heterocycles. The van der Waals surface area contributed by atoms with Gasteiger partial charge in [0.25, 0.3) is 5.56 Å². The predicted octanol–water partition coefficient (Wildman–Crippen LogP) is 5.38. The van der Waals surface area contributed by atoms with Crippen LogP contribution in [0.25, 0.3) is 10.9 Å². The van der Waals surface area contributed by atoms with Gasteiger partial charge in [-0.2, -0.15) is 0 Å². The van der Waals surface area contributed by atoms with E-state index < -0.39 is 0 Å². The normalized spacial score (nSPS) is 12.3. The molecule has 0 aliphatic carbocycles. The first-order valence-corrected chi connectivity index (χ1v) is 13.2. The Bertz CT molecular complexity index is 1560. The fourth-order valence-electron chi connectivity index (χ4n) is 5.09.